The van der Waals surface area contributed by atoms with E-state index in [4.69, 9.17) is 10.00 Å². The maximum atomic E-state index is 8.88. The van der Waals surface area contributed by atoms with Gasteiger partial charge in [-0.3, -0.25) is 0 Å². The Balaban J connectivity index is 2.23. The number of hydrogen-bond acceptors (Lipinski definition) is 4. The minimum absolute atomic E-state index is 0.235. The fourth-order valence-corrected chi connectivity index (χ4v) is 1.38. The molecule has 0 atom stereocenters. The molecular weight excluding hydrogens is 214 g/mol. The van der Waals surface area contributed by atoms with Gasteiger partial charge < -0.3 is 4.74 Å². The number of nitrogens with zero attached hydrogens (tertiary/aromatic N) is 3. The Labute approximate surface area is 99.5 Å². The highest BCUT2D eigenvalue weighted by atomic mass is 16.5. The monoisotopic (exact) mass is 225 g/mol. The molecule has 0 saturated carbocycles. The van der Waals surface area contributed by atoms with Crippen LogP contribution in [0.3, 0.4) is 0 Å². The molecule has 1 heterocycles. The van der Waals surface area contributed by atoms with Crippen molar-refractivity contribution in [1.82, 2.24) is 10.2 Å². The van der Waals surface area contributed by atoms with E-state index in [-0.39, 0.29) is 5.88 Å². The van der Waals surface area contributed by atoms with E-state index < -0.39 is 0 Å². The van der Waals surface area contributed by atoms with Crippen LogP contribution in [0.2, 0.25) is 0 Å². The van der Waals surface area contributed by atoms with Crippen molar-refractivity contribution in [3.05, 3.63) is 47.7 Å². The van der Waals surface area contributed by atoms with Crippen molar-refractivity contribution in [3.63, 3.8) is 0 Å². The SMILES string of the molecule is CCc1ccc(Oc2nnccc2C#N)cc1. The van der Waals surface area contributed by atoms with E-state index in [9.17, 15) is 0 Å². The van der Waals surface area contributed by atoms with Gasteiger partial charge in [0.15, 0.2) is 0 Å². The molecule has 0 radical (unpaired) electrons. The number of nitriles is 1. The zero-order valence-electron chi connectivity index (χ0n) is 9.42. The molecule has 0 aliphatic rings. The third kappa shape index (κ3) is 2.58. The maximum Gasteiger partial charge on any atom is 0.256 e. The molecule has 4 heteroatoms. The summed E-state index contributed by atoms with van der Waals surface area (Å²) in [6.45, 7) is 2.09. The fourth-order valence-electron chi connectivity index (χ4n) is 1.38. The highest BCUT2D eigenvalue weighted by Crippen LogP contribution is 2.21. The molecule has 0 amide bonds. The van der Waals surface area contributed by atoms with Crippen LogP contribution in [0, 0.1) is 11.3 Å². The van der Waals surface area contributed by atoms with Crippen molar-refractivity contribution >= 4 is 0 Å². The summed E-state index contributed by atoms with van der Waals surface area (Å²) in [5.74, 6) is 0.887. The lowest BCUT2D eigenvalue weighted by Gasteiger charge is -2.05. The average Bonchev–Trinajstić information content (AvgIpc) is 2.40. The van der Waals surface area contributed by atoms with Crippen molar-refractivity contribution in [3.8, 4) is 17.7 Å². The summed E-state index contributed by atoms with van der Waals surface area (Å²) in [4.78, 5) is 0. The van der Waals surface area contributed by atoms with Gasteiger partial charge in [-0.05, 0) is 30.2 Å². The van der Waals surface area contributed by atoms with Crippen LogP contribution in [-0.4, -0.2) is 10.2 Å². The summed E-state index contributed by atoms with van der Waals surface area (Å²) in [5, 5.41) is 16.4. The molecule has 0 N–H and O–H groups in total. The molecule has 0 fully saturated rings. The standard InChI is InChI=1S/C13H11N3O/c1-2-10-3-5-12(6-4-10)17-13-11(9-14)7-8-15-16-13/h3-8H,2H2,1H3. The Morgan fingerprint density at radius 3 is 2.65 bits per heavy atom. The normalized spacial score (nSPS) is 9.65. The lowest BCUT2D eigenvalue weighted by molar-refractivity contribution is 0.453. The number of hydrogen-bond donors (Lipinski definition) is 0. The van der Waals surface area contributed by atoms with E-state index >= 15 is 0 Å². The average molecular weight is 225 g/mol. The van der Waals surface area contributed by atoms with Gasteiger partial charge in [0.25, 0.3) is 5.88 Å². The van der Waals surface area contributed by atoms with Crippen molar-refractivity contribution in [2.75, 3.05) is 0 Å². The number of benzene rings is 1. The van der Waals surface area contributed by atoms with E-state index in [0.29, 0.717) is 11.3 Å². The molecule has 2 rings (SSSR count). The summed E-state index contributed by atoms with van der Waals surface area (Å²) in [7, 11) is 0. The molecule has 0 saturated heterocycles. The van der Waals surface area contributed by atoms with Gasteiger partial charge in [0.2, 0.25) is 0 Å². The predicted octanol–water partition coefficient (Wildman–Crippen LogP) is 2.70. The maximum absolute atomic E-state index is 8.88. The first-order valence-electron chi connectivity index (χ1n) is 5.32. The first-order chi connectivity index (χ1) is 8.33. The summed E-state index contributed by atoms with van der Waals surface area (Å²) in [6.07, 6.45) is 2.44. The van der Waals surface area contributed by atoms with Crippen LogP contribution >= 0.6 is 0 Å². The lowest BCUT2D eigenvalue weighted by Crippen LogP contribution is -1.93. The number of ether oxygens (including phenoxy) is 1. The van der Waals surface area contributed by atoms with Gasteiger partial charge in [-0.25, -0.2) is 0 Å². The Morgan fingerprint density at radius 2 is 2.00 bits per heavy atom. The molecule has 0 unspecified atom stereocenters. The number of aryl methyl sites for hydroxylation is 1. The second-order valence-electron chi connectivity index (χ2n) is 3.46. The minimum Gasteiger partial charge on any atom is -0.437 e. The molecule has 0 aliphatic carbocycles. The molecule has 17 heavy (non-hydrogen) atoms. The fraction of sp³-hybridized carbons (Fsp3) is 0.154. The van der Waals surface area contributed by atoms with E-state index in [1.807, 2.05) is 30.3 Å². The second kappa shape index (κ2) is 5.08. The molecular formula is C13H11N3O. The van der Waals surface area contributed by atoms with E-state index in [2.05, 4.69) is 17.1 Å². The number of rotatable bonds is 3. The zero-order valence-corrected chi connectivity index (χ0v) is 9.42. The van der Waals surface area contributed by atoms with Gasteiger partial charge >= 0.3 is 0 Å². The Hall–Kier alpha value is -2.41. The van der Waals surface area contributed by atoms with Gasteiger partial charge in [-0.2, -0.15) is 10.4 Å². The molecule has 0 bridgehead atoms. The minimum atomic E-state index is 0.235. The van der Waals surface area contributed by atoms with Gasteiger partial charge in [-0.1, -0.05) is 19.1 Å². The number of aromatic nitrogens is 2. The van der Waals surface area contributed by atoms with Crippen LogP contribution in [0.4, 0.5) is 0 Å². The summed E-state index contributed by atoms with van der Waals surface area (Å²) < 4.78 is 5.50. The van der Waals surface area contributed by atoms with E-state index in [0.717, 1.165) is 6.42 Å². The third-order valence-electron chi connectivity index (χ3n) is 2.35. The topological polar surface area (TPSA) is 58.8 Å². The highest BCUT2D eigenvalue weighted by molar-refractivity contribution is 5.39. The van der Waals surface area contributed by atoms with Crippen molar-refractivity contribution in [1.29, 1.82) is 5.26 Å². The van der Waals surface area contributed by atoms with Gasteiger partial charge in [0.1, 0.15) is 17.4 Å². The van der Waals surface area contributed by atoms with Crippen LogP contribution in [0.25, 0.3) is 0 Å². The van der Waals surface area contributed by atoms with Gasteiger partial charge in [-0.15, -0.1) is 5.10 Å². The Morgan fingerprint density at radius 1 is 1.24 bits per heavy atom. The van der Waals surface area contributed by atoms with Crippen LogP contribution in [0.15, 0.2) is 36.5 Å². The smallest absolute Gasteiger partial charge is 0.256 e. The molecule has 4 nitrogen and oxygen atoms in total. The van der Waals surface area contributed by atoms with Crippen LogP contribution in [-0.2, 0) is 6.42 Å². The first-order valence-corrected chi connectivity index (χ1v) is 5.32. The quantitative estimate of drug-likeness (QED) is 0.805. The molecule has 0 spiro atoms. The van der Waals surface area contributed by atoms with Gasteiger partial charge in [0, 0.05) is 0 Å². The van der Waals surface area contributed by atoms with Crippen molar-refractivity contribution in [2.45, 2.75) is 13.3 Å². The zero-order chi connectivity index (χ0) is 12.1. The third-order valence-corrected chi connectivity index (χ3v) is 2.35. The second-order valence-corrected chi connectivity index (χ2v) is 3.46. The van der Waals surface area contributed by atoms with Crippen molar-refractivity contribution < 1.29 is 4.74 Å². The van der Waals surface area contributed by atoms with E-state index in [1.165, 1.54) is 11.8 Å². The molecule has 1 aromatic carbocycles. The predicted molar refractivity (Wildman–Crippen MR) is 62.6 cm³/mol. The largest absolute Gasteiger partial charge is 0.437 e. The summed E-state index contributed by atoms with van der Waals surface area (Å²) >= 11 is 0. The van der Waals surface area contributed by atoms with Crippen LogP contribution < -0.4 is 4.74 Å². The van der Waals surface area contributed by atoms with Gasteiger partial charge in [0.05, 0.1) is 6.20 Å². The van der Waals surface area contributed by atoms with Crippen LogP contribution in [0.1, 0.15) is 18.1 Å². The van der Waals surface area contributed by atoms with Crippen LogP contribution in [0.5, 0.6) is 11.6 Å². The summed E-state index contributed by atoms with van der Waals surface area (Å²) in [5.41, 5.74) is 1.61. The van der Waals surface area contributed by atoms with Crippen molar-refractivity contribution in [2.24, 2.45) is 0 Å². The lowest BCUT2D eigenvalue weighted by atomic mass is 10.2. The molecule has 1 aromatic heterocycles. The molecule has 2 aromatic rings. The molecule has 0 aliphatic heterocycles. The summed E-state index contributed by atoms with van der Waals surface area (Å²) in [6, 6.07) is 11.3. The first kappa shape index (κ1) is 11.1. The van der Waals surface area contributed by atoms with E-state index in [1.54, 1.807) is 6.07 Å². The Bertz CT molecular complexity index is 543. The Kier molecular flexibility index (Phi) is 3.31. The molecule has 84 valence electrons. The highest BCUT2D eigenvalue weighted by Gasteiger charge is 2.05.